The van der Waals surface area contributed by atoms with Crippen LogP contribution in [0.1, 0.15) is 18.5 Å². The lowest BCUT2D eigenvalue weighted by molar-refractivity contribution is 0.568. The zero-order valence-corrected chi connectivity index (χ0v) is 10.00. The average molecular weight is 241 g/mol. The van der Waals surface area contributed by atoms with E-state index in [9.17, 15) is 8.42 Å². The molecular weight excluding hydrogens is 226 g/mol. The van der Waals surface area contributed by atoms with Crippen LogP contribution in [-0.2, 0) is 9.84 Å². The highest BCUT2D eigenvalue weighted by molar-refractivity contribution is 7.91. The molecule has 2 heterocycles. The van der Waals surface area contributed by atoms with Gasteiger partial charge in [0.05, 0.1) is 5.75 Å². The highest BCUT2D eigenvalue weighted by Gasteiger charge is 2.25. The Kier molecular flexibility index (Phi) is 3.20. The fourth-order valence-electron chi connectivity index (χ4n) is 1.81. The second kappa shape index (κ2) is 4.47. The first kappa shape index (κ1) is 11.5. The lowest BCUT2D eigenvalue weighted by atomic mass is 10.3. The summed E-state index contributed by atoms with van der Waals surface area (Å²) in [5, 5.41) is 3.11. The van der Waals surface area contributed by atoms with Crippen molar-refractivity contribution in [2.75, 3.05) is 12.3 Å². The summed E-state index contributed by atoms with van der Waals surface area (Å²) in [6, 6.07) is 1.74. The molecule has 88 valence electrons. The molecule has 2 rings (SSSR count). The zero-order chi connectivity index (χ0) is 11.6. The summed E-state index contributed by atoms with van der Waals surface area (Å²) in [4.78, 5) is 7.79. The van der Waals surface area contributed by atoms with Gasteiger partial charge in [-0.2, -0.15) is 0 Å². The van der Waals surface area contributed by atoms with Crippen LogP contribution in [-0.4, -0.2) is 36.7 Å². The number of nitrogens with one attached hydrogen (secondary N) is 1. The smallest absolute Gasteiger partial charge is 0.247 e. The Morgan fingerprint density at radius 3 is 3.00 bits per heavy atom. The van der Waals surface area contributed by atoms with E-state index in [0.717, 1.165) is 19.4 Å². The number of sulfone groups is 1. The quantitative estimate of drug-likeness (QED) is 0.771. The molecule has 1 aliphatic heterocycles. The maximum absolute atomic E-state index is 12.0. The van der Waals surface area contributed by atoms with Crippen molar-refractivity contribution in [3.8, 4) is 0 Å². The second-order valence-electron chi connectivity index (χ2n) is 4.06. The van der Waals surface area contributed by atoms with Crippen LogP contribution in [0.3, 0.4) is 0 Å². The van der Waals surface area contributed by atoms with Gasteiger partial charge in [-0.25, -0.2) is 18.4 Å². The summed E-state index contributed by atoms with van der Waals surface area (Å²) in [6.45, 7) is 2.66. The summed E-state index contributed by atoms with van der Waals surface area (Å²) >= 11 is 0. The molecule has 1 saturated heterocycles. The third kappa shape index (κ3) is 2.56. The van der Waals surface area contributed by atoms with Crippen LogP contribution >= 0.6 is 0 Å². The highest BCUT2D eigenvalue weighted by atomic mass is 32.2. The Labute approximate surface area is 95.2 Å². The molecular formula is C10H15N3O2S. The van der Waals surface area contributed by atoms with Gasteiger partial charge in [-0.05, 0) is 32.4 Å². The van der Waals surface area contributed by atoms with Gasteiger partial charge < -0.3 is 5.32 Å². The molecule has 16 heavy (non-hydrogen) atoms. The summed E-state index contributed by atoms with van der Waals surface area (Å²) in [6.07, 6.45) is 3.43. The zero-order valence-electron chi connectivity index (χ0n) is 9.18. The van der Waals surface area contributed by atoms with Crippen LogP contribution in [0.5, 0.6) is 0 Å². The number of rotatable bonds is 3. The van der Waals surface area contributed by atoms with Gasteiger partial charge >= 0.3 is 0 Å². The molecule has 1 atom stereocenters. The minimum absolute atomic E-state index is 0.0501. The van der Waals surface area contributed by atoms with Gasteiger partial charge in [0, 0.05) is 17.9 Å². The van der Waals surface area contributed by atoms with E-state index < -0.39 is 9.84 Å². The number of aromatic nitrogens is 2. The summed E-state index contributed by atoms with van der Waals surface area (Å²) in [7, 11) is -3.35. The van der Waals surface area contributed by atoms with Crippen molar-refractivity contribution in [1.82, 2.24) is 15.3 Å². The van der Waals surface area contributed by atoms with Crippen molar-refractivity contribution in [1.29, 1.82) is 0 Å². The fraction of sp³-hybridized carbons (Fsp3) is 0.600. The van der Waals surface area contributed by atoms with E-state index in [1.54, 1.807) is 13.0 Å². The number of nitrogens with zero attached hydrogens (tertiary/aromatic N) is 2. The van der Waals surface area contributed by atoms with Crippen LogP contribution in [0.15, 0.2) is 17.4 Å². The average Bonchev–Trinajstić information content (AvgIpc) is 2.70. The molecule has 0 unspecified atom stereocenters. The Balaban J connectivity index is 2.18. The van der Waals surface area contributed by atoms with E-state index in [1.807, 2.05) is 0 Å². The molecule has 0 radical (unpaired) electrons. The highest BCUT2D eigenvalue weighted by Crippen LogP contribution is 2.12. The van der Waals surface area contributed by atoms with Crippen molar-refractivity contribution in [3.05, 3.63) is 18.0 Å². The molecule has 1 aliphatic rings. The van der Waals surface area contributed by atoms with Gasteiger partial charge in [0.1, 0.15) is 0 Å². The van der Waals surface area contributed by atoms with Gasteiger partial charge in [-0.3, -0.25) is 0 Å². The van der Waals surface area contributed by atoms with Gasteiger partial charge in [0.25, 0.3) is 0 Å². The SMILES string of the molecule is Cc1ccnc(S(=O)(=O)C[C@H]2CCCN2)n1. The molecule has 6 heteroatoms. The van der Waals surface area contributed by atoms with E-state index in [1.165, 1.54) is 6.20 Å². The minimum atomic E-state index is -3.35. The Bertz CT molecular complexity index is 467. The molecule has 0 saturated carbocycles. The van der Waals surface area contributed by atoms with Crippen molar-refractivity contribution in [2.45, 2.75) is 31.0 Å². The monoisotopic (exact) mass is 241 g/mol. The molecule has 0 aliphatic carbocycles. The van der Waals surface area contributed by atoms with E-state index in [-0.39, 0.29) is 17.0 Å². The summed E-state index contributed by atoms with van der Waals surface area (Å²) in [5.41, 5.74) is 0.674. The maximum Gasteiger partial charge on any atom is 0.247 e. The predicted molar refractivity (Wildman–Crippen MR) is 59.8 cm³/mol. The van der Waals surface area contributed by atoms with E-state index in [4.69, 9.17) is 0 Å². The standard InChI is InChI=1S/C10H15N3O2S/c1-8-4-6-12-10(13-8)16(14,15)7-9-3-2-5-11-9/h4,6,9,11H,2-3,5,7H2,1H3/t9-/m1/s1. The first-order valence-electron chi connectivity index (χ1n) is 5.34. The normalized spacial score (nSPS) is 21.2. The second-order valence-corrected chi connectivity index (χ2v) is 5.98. The largest absolute Gasteiger partial charge is 0.313 e. The predicted octanol–water partition coefficient (Wildman–Crippen LogP) is 0.311. The first-order chi connectivity index (χ1) is 7.58. The fourth-order valence-corrected chi connectivity index (χ4v) is 3.28. The Hall–Kier alpha value is -1.01. The molecule has 0 amide bonds. The number of aryl methyl sites for hydroxylation is 1. The van der Waals surface area contributed by atoms with Crippen molar-refractivity contribution in [2.24, 2.45) is 0 Å². The lowest BCUT2D eigenvalue weighted by Crippen LogP contribution is -2.30. The molecule has 0 bridgehead atoms. The van der Waals surface area contributed by atoms with Crippen molar-refractivity contribution in [3.63, 3.8) is 0 Å². The summed E-state index contributed by atoms with van der Waals surface area (Å²) < 4.78 is 24.0. The number of hydrogen-bond acceptors (Lipinski definition) is 5. The van der Waals surface area contributed by atoms with Gasteiger partial charge in [-0.15, -0.1) is 0 Å². The van der Waals surface area contributed by atoms with Crippen molar-refractivity contribution >= 4 is 9.84 Å². The van der Waals surface area contributed by atoms with Crippen LogP contribution in [0.4, 0.5) is 0 Å². The lowest BCUT2D eigenvalue weighted by Gasteiger charge is -2.09. The van der Waals surface area contributed by atoms with Gasteiger partial charge in [0.2, 0.25) is 15.0 Å². The minimum Gasteiger partial charge on any atom is -0.313 e. The molecule has 0 aromatic carbocycles. The molecule has 1 N–H and O–H groups in total. The molecule has 1 fully saturated rings. The third-order valence-corrected chi connectivity index (χ3v) is 4.23. The topological polar surface area (TPSA) is 72.0 Å². The molecule has 5 nitrogen and oxygen atoms in total. The third-order valence-electron chi connectivity index (χ3n) is 2.63. The van der Waals surface area contributed by atoms with Gasteiger partial charge in [0.15, 0.2) is 0 Å². The van der Waals surface area contributed by atoms with Crippen molar-refractivity contribution < 1.29 is 8.42 Å². The van der Waals surface area contributed by atoms with E-state index in [0.29, 0.717) is 5.69 Å². The Morgan fingerprint density at radius 1 is 1.56 bits per heavy atom. The molecule has 0 spiro atoms. The van der Waals surface area contributed by atoms with E-state index in [2.05, 4.69) is 15.3 Å². The summed E-state index contributed by atoms with van der Waals surface area (Å²) in [5.74, 6) is 0.0937. The van der Waals surface area contributed by atoms with Crippen LogP contribution in [0.2, 0.25) is 0 Å². The van der Waals surface area contributed by atoms with Crippen LogP contribution in [0, 0.1) is 6.92 Å². The van der Waals surface area contributed by atoms with Crippen LogP contribution < -0.4 is 5.32 Å². The Morgan fingerprint density at radius 2 is 2.38 bits per heavy atom. The molecule has 1 aromatic rings. The van der Waals surface area contributed by atoms with Crippen LogP contribution in [0.25, 0.3) is 0 Å². The molecule has 1 aromatic heterocycles. The number of hydrogen-bond donors (Lipinski definition) is 1. The maximum atomic E-state index is 12.0. The van der Waals surface area contributed by atoms with Gasteiger partial charge in [-0.1, -0.05) is 0 Å². The van der Waals surface area contributed by atoms with E-state index >= 15 is 0 Å². The first-order valence-corrected chi connectivity index (χ1v) is 6.99.